The molecule has 23 heavy (non-hydrogen) atoms. The monoisotopic (exact) mass is 299 g/mol. The zero-order valence-corrected chi connectivity index (χ0v) is 13.7. The van der Waals surface area contributed by atoms with Crippen LogP contribution in [0.3, 0.4) is 0 Å². The highest BCUT2D eigenvalue weighted by Gasteiger charge is 2.14. The van der Waals surface area contributed by atoms with Crippen LogP contribution in [0.4, 0.5) is 0 Å². The van der Waals surface area contributed by atoms with Gasteiger partial charge < -0.3 is 4.57 Å². The number of hydrogen-bond donors (Lipinski definition) is 0. The van der Waals surface area contributed by atoms with E-state index in [0.29, 0.717) is 0 Å². The topological polar surface area (TPSA) is 4.93 Å². The predicted molar refractivity (Wildman–Crippen MR) is 99.5 cm³/mol. The molecule has 0 saturated heterocycles. The lowest BCUT2D eigenvalue weighted by atomic mass is 10.0. The number of hydrogen-bond acceptors (Lipinski definition) is 0. The maximum absolute atomic E-state index is 2.39. The van der Waals surface area contributed by atoms with Gasteiger partial charge in [-0.25, -0.2) is 0 Å². The molecular weight excluding hydrogens is 278 g/mol. The van der Waals surface area contributed by atoms with E-state index in [1.807, 2.05) is 0 Å². The van der Waals surface area contributed by atoms with Gasteiger partial charge in [-0.1, -0.05) is 61.4 Å². The zero-order valence-electron chi connectivity index (χ0n) is 13.7. The van der Waals surface area contributed by atoms with Crippen LogP contribution in [0.1, 0.15) is 24.5 Å². The minimum Gasteiger partial charge on any atom is -0.309 e. The number of rotatable bonds is 3. The molecule has 0 amide bonds. The normalized spacial score (nSPS) is 11.4. The maximum atomic E-state index is 2.39. The molecule has 1 aromatic heterocycles. The summed E-state index contributed by atoms with van der Waals surface area (Å²) >= 11 is 0. The molecule has 1 heterocycles. The second-order valence-electron chi connectivity index (χ2n) is 6.25. The Labute approximate surface area is 137 Å². The molecule has 3 aromatic carbocycles. The lowest BCUT2D eigenvalue weighted by molar-refractivity contribution is 0.930. The van der Waals surface area contributed by atoms with Crippen molar-refractivity contribution in [2.45, 2.75) is 26.7 Å². The summed E-state index contributed by atoms with van der Waals surface area (Å²) in [5, 5.41) is 2.76. The number of para-hydroxylation sites is 1. The van der Waals surface area contributed by atoms with Crippen LogP contribution in [0.2, 0.25) is 0 Å². The van der Waals surface area contributed by atoms with Crippen LogP contribution in [0, 0.1) is 6.92 Å². The molecule has 0 unspecified atom stereocenters. The third-order valence-corrected chi connectivity index (χ3v) is 4.60. The van der Waals surface area contributed by atoms with Crippen molar-refractivity contribution in [3.8, 4) is 5.69 Å². The van der Waals surface area contributed by atoms with Crippen LogP contribution in [-0.2, 0) is 6.42 Å². The van der Waals surface area contributed by atoms with Gasteiger partial charge in [-0.05, 0) is 43.2 Å². The van der Waals surface area contributed by atoms with Gasteiger partial charge in [0, 0.05) is 16.5 Å². The molecule has 0 N–H and O–H groups in total. The number of nitrogens with zero attached hydrogens (tertiary/aromatic N) is 1. The quantitative estimate of drug-likeness (QED) is 0.434. The molecule has 0 spiro atoms. The molecule has 1 nitrogen and oxygen atoms in total. The van der Waals surface area contributed by atoms with E-state index < -0.39 is 0 Å². The van der Waals surface area contributed by atoms with E-state index in [1.54, 1.807) is 0 Å². The Balaban J connectivity index is 2.13. The van der Waals surface area contributed by atoms with Gasteiger partial charge in [-0.2, -0.15) is 0 Å². The van der Waals surface area contributed by atoms with Gasteiger partial charge in [0.25, 0.3) is 0 Å². The van der Waals surface area contributed by atoms with Gasteiger partial charge in [-0.3, -0.25) is 0 Å². The Kier molecular flexibility index (Phi) is 3.42. The number of aromatic nitrogens is 1. The second-order valence-corrected chi connectivity index (χ2v) is 6.25. The number of aryl methyl sites for hydroxylation is 2. The first-order chi connectivity index (χ1) is 11.3. The van der Waals surface area contributed by atoms with Crippen LogP contribution in [0.15, 0.2) is 66.7 Å². The maximum Gasteiger partial charge on any atom is 0.0543 e. The Bertz CT molecular complexity index is 974. The van der Waals surface area contributed by atoms with Crippen molar-refractivity contribution in [3.05, 3.63) is 77.9 Å². The van der Waals surface area contributed by atoms with Gasteiger partial charge in [0.1, 0.15) is 0 Å². The largest absolute Gasteiger partial charge is 0.309 e. The minimum absolute atomic E-state index is 1.12. The van der Waals surface area contributed by atoms with Crippen LogP contribution in [0.25, 0.3) is 27.5 Å². The average molecular weight is 299 g/mol. The minimum atomic E-state index is 1.12. The van der Waals surface area contributed by atoms with E-state index in [1.165, 1.54) is 45.0 Å². The lowest BCUT2D eigenvalue weighted by Gasteiger charge is -2.08. The summed E-state index contributed by atoms with van der Waals surface area (Å²) in [5.41, 5.74) is 6.57. The van der Waals surface area contributed by atoms with Gasteiger partial charge in [0.05, 0.1) is 11.0 Å². The molecule has 0 saturated carbocycles. The molecule has 0 aliphatic heterocycles. The van der Waals surface area contributed by atoms with Gasteiger partial charge >= 0.3 is 0 Å². The van der Waals surface area contributed by atoms with E-state index in [9.17, 15) is 0 Å². The summed E-state index contributed by atoms with van der Waals surface area (Å²) in [6.45, 7) is 4.38. The fourth-order valence-corrected chi connectivity index (χ4v) is 3.54. The van der Waals surface area contributed by atoms with Crippen LogP contribution in [-0.4, -0.2) is 4.57 Å². The zero-order chi connectivity index (χ0) is 15.8. The van der Waals surface area contributed by atoms with E-state index >= 15 is 0 Å². The summed E-state index contributed by atoms with van der Waals surface area (Å²) in [4.78, 5) is 0. The van der Waals surface area contributed by atoms with Gasteiger partial charge in [0.2, 0.25) is 0 Å². The van der Waals surface area contributed by atoms with Crippen molar-refractivity contribution in [3.63, 3.8) is 0 Å². The smallest absolute Gasteiger partial charge is 0.0543 e. The lowest BCUT2D eigenvalue weighted by Crippen LogP contribution is -1.94. The predicted octanol–water partition coefficient (Wildman–Crippen LogP) is 6.04. The molecule has 0 fully saturated rings. The number of fused-ring (bicyclic) bond motifs is 3. The first-order valence-corrected chi connectivity index (χ1v) is 8.37. The molecule has 114 valence electrons. The van der Waals surface area contributed by atoms with Crippen molar-refractivity contribution in [1.82, 2.24) is 4.57 Å². The SMILES string of the molecule is CCCc1cccc2c1c1ccccc1n2-c1ccc(C)cc1. The third-order valence-electron chi connectivity index (χ3n) is 4.60. The molecule has 0 atom stereocenters. The molecule has 4 aromatic rings. The summed E-state index contributed by atoms with van der Waals surface area (Å²) in [6.07, 6.45) is 2.29. The summed E-state index contributed by atoms with van der Waals surface area (Å²) < 4.78 is 2.39. The van der Waals surface area contributed by atoms with Crippen LogP contribution < -0.4 is 0 Å². The van der Waals surface area contributed by atoms with Crippen molar-refractivity contribution in [2.75, 3.05) is 0 Å². The van der Waals surface area contributed by atoms with Crippen molar-refractivity contribution in [2.24, 2.45) is 0 Å². The molecule has 0 aliphatic carbocycles. The summed E-state index contributed by atoms with van der Waals surface area (Å²) in [7, 11) is 0. The molecular formula is C22H21N. The first-order valence-electron chi connectivity index (χ1n) is 8.37. The third kappa shape index (κ3) is 2.24. The van der Waals surface area contributed by atoms with Crippen molar-refractivity contribution in [1.29, 1.82) is 0 Å². The Morgan fingerprint density at radius 1 is 0.783 bits per heavy atom. The first kappa shape index (κ1) is 14.1. The standard InChI is InChI=1S/C22H21N/c1-3-7-17-8-6-11-21-22(17)19-9-4-5-10-20(19)23(21)18-14-12-16(2)13-15-18/h4-6,8-15H,3,7H2,1-2H3. The fraction of sp³-hybridized carbons (Fsp3) is 0.182. The fourth-order valence-electron chi connectivity index (χ4n) is 3.54. The highest BCUT2D eigenvalue weighted by molar-refractivity contribution is 6.10. The Morgan fingerprint density at radius 3 is 2.30 bits per heavy atom. The molecule has 0 aliphatic rings. The summed E-state index contributed by atoms with van der Waals surface area (Å²) in [5.74, 6) is 0. The molecule has 0 radical (unpaired) electrons. The molecule has 4 rings (SSSR count). The van der Waals surface area contributed by atoms with Crippen LogP contribution in [0.5, 0.6) is 0 Å². The summed E-state index contributed by atoms with van der Waals surface area (Å²) in [6, 6.07) is 24.3. The van der Waals surface area contributed by atoms with Crippen LogP contribution >= 0.6 is 0 Å². The average Bonchev–Trinajstić information content (AvgIpc) is 2.91. The van der Waals surface area contributed by atoms with E-state index in [4.69, 9.17) is 0 Å². The van der Waals surface area contributed by atoms with Gasteiger partial charge in [-0.15, -0.1) is 0 Å². The van der Waals surface area contributed by atoms with E-state index in [0.717, 1.165) is 6.42 Å². The Morgan fingerprint density at radius 2 is 1.52 bits per heavy atom. The highest BCUT2D eigenvalue weighted by atomic mass is 15.0. The highest BCUT2D eigenvalue weighted by Crippen LogP contribution is 2.34. The Hall–Kier alpha value is -2.54. The van der Waals surface area contributed by atoms with Crippen molar-refractivity contribution >= 4 is 21.8 Å². The molecule has 1 heteroatoms. The van der Waals surface area contributed by atoms with E-state index in [2.05, 4.69) is 85.1 Å². The van der Waals surface area contributed by atoms with E-state index in [-0.39, 0.29) is 0 Å². The number of benzene rings is 3. The van der Waals surface area contributed by atoms with Crippen molar-refractivity contribution < 1.29 is 0 Å². The second kappa shape index (κ2) is 5.58. The molecule has 0 bridgehead atoms. The van der Waals surface area contributed by atoms with Gasteiger partial charge in [0.15, 0.2) is 0 Å².